The molecule has 0 bridgehead atoms. The molecule has 76 valence electrons. The number of hydrogen-bond donors (Lipinski definition) is 1. The zero-order valence-electron chi connectivity index (χ0n) is 8.20. The van der Waals surface area contributed by atoms with Gasteiger partial charge < -0.3 is 5.32 Å². The van der Waals surface area contributed by atoms with Crippen LogP contribution in [0.5, 0.6) is 0 Å². The lowest BCUT2D eigenvalue weighted by atomic mass is 10.5. The van der Waals surface area contributed by atoms with E-state index < -0.39 is 0 Å². The Hall–Kier alpha value is -1.30. The Kier molecular flexibility index (Phi) is 3.29. The Labute approximate surface area is 85.5 Å². The van der Waals surface area contributed by atoms with Gasteiger partial charge >= 0.3 is 0 Å². The normalized spacial score (nSPS) is 9.93. The van der Waals surface area contributed by atoms with Gasteiger partial charge in [-0.05, 0) is 6.26 Å². The molecule has 0 unspecified atom stereocenters. The third-order valence-corrected chi connectivity index (χ3v) is 2.31. The van der Waals surface area contributed by atoms with E-state index in [0.717, 1.165) is 0 Å². The number of anilines is 1. The maximum atomic E-state index is 11.4. The van der Waals surface area contributed by atoms with E-state index in [2.05, 4.69) is 10.3 Å². The minimum Gasteiger partial charge on any atom is -0.311 e. The second-order valence-electron chi connectivity index (χ2n) is 2.71. The molecule has 0 spiro atoms. The number of hydrogen-bond acceptors (Lipinski definition) is 4. The van der Waals surface area contributed by atoms with Crippen LogP contribution in [0.1, 0.15) is 6.92 Å². The van der Waals surface area contributed by atoms with Gasteiger partial charge in [0.2, 0.25) is 5.91 Å². The van der Waals surface area contributed by atoms with Gasteiger partial charge in [0.1, 0.15) is 5.82 Å². The number of thioether (sulfide) groups is 1. The van der Waals surface area contributed by atoms with Crippen LogP contribution in [0.2, 0.25) is 0 Å². The molecule has 1 aromatic rings. The molecule has 0 atom stereocenters. The maximum absolute atomic E-state index is 11.4. The van der Waals surface area contributed by atoms with E-state index >= 15 is 0 Å². The van der Waals surface area contributed by atoms with Crippen molar-refractivity contribution in [2.75, 3.05) is 11.6 Å². The minimum atomic E-state index is -0.238. The quantitative estimate of drug-likeness (QED) is 0.572. The molecule has 0 saturated carbocycles. The van der Waals surface area contributed by atoms with Gasteiger partial charge in [-0.2, -0.15) is 0 Å². The van der Waals surface area contributed by atoms with Gasteiger partial charge in [0, 0.05) is 20.0 Å². The highest BCUT2D eigenvalue weighted by molar-refractivity contribution is 7.98. The number of carbonyl (C=O) groups is 1. The van der Waals surface area contributed by atoms with Crippen LogP contribution in [0.25, 0.3) is 0 Å². The Balaban J connectivity index is 3.16. The average Bonchev–Trinajstić information content (AvgIpc) is 2.10. The predicted octanol–water partition coefficient (Wildman–Crippen LogP) is 0.461. The molecule has 1 amide bonds. The van der Waals surface area contributed by atoms with E-state index in [-0.39, 0.29) is 11.5 Å². The Morgan fingerprint density at radius 1 is 1.64 bits per heavy atom. The van der Waals surface area contributed by atoms with Crippen LogP contribution < -0.4 is 10.9 Å². The summed E-state index contributed by atoms with van der Waals surface area (Å²) in [5, 5.41) is 3.04. The lowest BCUT2D eigenvalue weighted by Gasteiger charge is -2.06. The SMILES string of the molecule is CSc1nc(NC(C)=O)cc(=O)n1C. The molecule has 0 aromatic carbocycles. The Morgan fingerprint density at radius 2 is 2.29 bits per heavy atom. The molecule has 6 heteroatoms. The zero-order valence-corrected chi connectivity index (χ0v) is 9.01. The highest BCUT2D eigenvalue weighted by Gasteiger charge is 2.04. The summed E-state index contributed by atoms with van der Waals surface area (Å²) >= 11 is 1.35. The van der Waals surface area contributed by atoms with Crippen molar-refractivity contribution in [3.05, 3.63) is 16.4 Å². The fourth-order valence-electron chi connectivity index (χ4n) is 0.945. The predicted molar refractivity (Wildman–Crippen MR) is 55.6 cm³/mol. The molecule has 1 rings (SSSR count). The molecule has 5 nitrogen and oxygen atoms in total. The van der Waals surface area contributed by atoms with E-state index in [1.165, 1.54) is 29.3 Å². The van der Waals surface area contributed by atoms with E-state index in [4.69, 9.17) is 0 Å². The van der Waals surface area contributed by atoms with Crippen LogP contribution in [0.15, 0.2) is 16.0 Å². The van der Waals surface area contributed by atoms with Crippen molar-refractivity contribution in [1.82, 2.24) is 9.55 Å². The smallest absolute Gasteiger partial charge is 0.256 e. The standard InChI is InChI=1S/C8H11N3O2S/c1-5(12)9-6-4-7(13)11(2)8(10-6)14-3/h4H,1-3H3,(H,9,12). The second kappa shape index (κ2) is 4.28. The van der Waals surface area contributed by atoms with E-state index in [9.17, 15) is 9.59 Å². The van der Waals surface area contributed by atoms with Crippen molar-refractivity contribution < 1.29 is 4.79 Å². The highest BCUT2D eigenvalue weighted by atomic mass is 32.2. The Bertz CT molecular complexity index is 414. The van der Waals surface area contributed by atoms with Gasteiger partial charge in [0.05, 0.1) is 0 Å². The number of nitrogens with zero attached hydrogens (tertiary/aromatic N) is 2. The number of amides is 1. The third kappa shape index (κ3) is 2.35. The van der Waals surface area contributed by atoms with Crippen LogP contribution in [0.4, 0.5) is 5.82 Å². The van der Waals surface area contributed by atoms with E-state index in [0.29, 0.717) is 11.0 Å². The van der Waals surface area contributed by atoms with Gasteiger partial charge in [-0.25, -0.2) is 4.98 Å². The van der Waals surface area contributed by atoms with Crippen molar-refractivity contribution in [3.8, 4) is 0 Å². The van der Waals surface area contributed by atoms with Crippen molar-refractivity contribution in [1.29, 1.82) is 0 Å². The van der Waals surface area contributed by atoms with Gasteiger partial charge in [0.15, 0.2) is 5.16 Å². The number of carbonyl (C=O) groups excluding carboxylic acids is 1. The number of rotatable bonds is 2. The van der Waals surface area contributed by atoms with Crippen LogP contribution in [-0.2, 0) is 11.8 Å². The molecular weight excluding hydrogens is 202 g/mol. The molecule has 1 heterocycles. The summed E-state index contributed by atoms with van der Waals surface area (Å²) in [6.45, 7) is 1.37. The highest BCUT2D eigenvalue weighted by Crippen LogP contribution is 2.10. The molecule has 1 N–H and O–H groups in total. The van der Waals surface area contributed by atoms with Gasteiger partial charge in [-0.15, -0.1) is 0 Å². The van der Waals surface area contributed by atoms with Crippen molar-refractivity contribution >= 4 is 23.5 Å². The Morgan fingerprint density at radius 3 is 2.79 bits per heavy atom. The van der Waals surface area contributed by atoms with Gasteiger partial charge in [0.25, 0.3) is 5.56 Å². The van der Waals surface area contributed by atoms with E-state index in [1.54, 1.807) is 7.05 Å². The molecule has 0 saturated heterocycles. The first-order valence-electron chi connectivity index (χ1n) is 3.94. The fourth-order valence-corrected chi connectivity index (χ4v) is 1.50. The molecule has 0 aliphatic rings. The summed E-state index contributed by atoms with van der Waals surface area (Å²) in [5.41, 5.74) is -0.187. The van der Waals surface area contributed by atoms with Gasteiger partial charge in [-0.1, -0.05) is 11.8 Å². The number of nitrogens with one attached hydrogen (secondary N) is 1. The first-order valence-corrected chi connectivity index (χ1v) is 5.16. The lowest BCUT2D eigenvalue weighted by Crippen LogP contribution is -2.21. The monoisotopic (exact) mass is 213 g/mol. The summed E-state index contributed by atoms with van der Waals surface area (Å²) in [5.74, 6) is 0.0581. The summed E-state index contributed by atoms with van der Waals surface area (Å²) in [4.78, 5) is 26.2. The van der Waals surface area contributed by atoms with Gasteiger partial charge in [-0.3, -0.25) is 14.2 Å². The second-order valence-corrected chi connectivity index (χ2v) is 3.48. The summed E-state index contributed by atoms with van der Waals surface area (Å²) < 4.78 is 1.43. The average molecular weight is 213 g/mol. The van der Waals surface area contributed by atoms with Crippen molar-refractivity contribution in [3.63, 3.8) is 0 Å². The summed E-state index contributed by atoms with van der Waals surface area (Å²) in [7, 11) is 1.64. The van der Waals surface area contributed by atoms with Crippen molar-refractivity contribution in [2.45, 2.75) is 12.1 Å². The minimum absolute atomic E-state index is 0.187. The van der Waals surface area contributed by atoms with Crippen LogP contribution in [0, 0.1) is 0 Å². The molecule has 0 aliphatic heterocycles. The molecule has 0 fully saturated rings. The van der Waals surface area contributed by atoms with Crippen molar-refractivity contribution in [2.24, 2.45) is 7.05 Å². The molecule has 1 aromatic heterocycles. The molecule has 0 aliphatic carbocycles. The lowest BCUT2D eigenvalue weighted by molar-refractivity contribution is -0.114. The summed E-state index contributed by atoms with van der Waals surface area (Å²) in [6.07, 6.45) is 1.82. The van der Waals surface area contributed by atoms with Crippen LogP contribution in [0.3, 0.4) is 0 Å². The molecule has 14 heavy (non-hydrogen) atoms. The zero-order chi connectivity index (χ0) is 10.7. The fraction of sp³-hybridized carbons (Fsp3) is 0.375. The molecule has 0 radical (unpaired) electrons. The van der Waals surface area contributed by atoms with E-state index in [1.807, 2.05) is 6.26 Å². The molecular formula is C8H11N3O2S. The van der Waals surface area contributed by atoms with Crippen LogP contribution in [-0.4, -0.2) is 21.7 Å². The first kappa shape index (κ1) is 10.8. The number of aromatic nitrogens is 2. The first-order chi connectivity index (χ1) is 6.54. The maximum Gasteiger partial charge on any atom is 0.256 e. The largest absolute Gasteiger partial charge is 0.311 e. The topological polar surface area (TPSA) is 64.0 Å². The summed E-state index contributed by atoms with van der Waals surface area (Å²) in [6, 6.07) is 1.29. The van der Waals surface area contributed by atoms with Crippen LogP contribution >= 0.6 is 11.8 Å². The third-order valence-electron chi connectivity index (χ3n) is 1.58.